The van der Waals surface area contributed by atoms with Gasteiger partial charge in [-0.05, 0) is 54.9 Å². The highest BCUT2D eigenvalue weighted by atomic mass is 79.9. The van der Waals surface area contributed by atoms with Crippen LogP contribution in [-0.2, 0) is 0 Å². The number of hydrogen-bond donors (Lipinski definition) is 1. The number of hydrogen-bond acceptors (Lipinski definition) is 4. The number of halogens is 2. The Morgan fingerprint density at radius 3 is 2.67 bits per heavy atom. The van der Waals surface area contributed by atoms with E-state index >= 15 is 0 Å². The normalized spacial score (nSPS) is 11.6. The molecule has 0 saturated carbocycles. The van der Waals surface area contributed by atoms with Crippen LogP contribution < -0.4 is 5.32 Å². The topological polar surface area (TPSA) is 51.0 Å². The van der Waals surface area contributed by atoms with Crippen LogP contribution in [0.15, 0.2) is 27.2 Å². The summed E-state index contributed by atoms with van der Waals surface area (Å²) in [5.74, 6) is 0.0951. The molecule has 0 fully saturated rings. The van der Waals surface area contributed by atoms with Gasteiger partial charge in [-0.1, -0.05) is 5.16 Å². The Bertz CT molecular complexity index is 563. The fourth-order valence-corrected chi connectivity index (χ4v) is 1.73. The van der Waals surface area contributed by atoms with Gasteiger partial charge in [0.15, 0.2) is 0 Å². The highest BCUT2D eigenvalue weighted by molar-refractivity contribution is 9.10. The zero-order valence-electron chi connectivity index (χ0n) is 10.3. The lowest BCUT2D eigenvalue weighted by Crippen LogP contribution is -2.26. The smallest absolute Gasteiger partial charge is 0.322 e. The molecule has 18 heavy (non-hydrogen) atoms. The molecule has 0 amide bonds. The van der Waals surface area contributed by atoms with Crippen molar-refractivity contribution in [2.24, 2.45) is 0 Å². The summed E-state index contributed by atoms with van der Waals surface area (Å²) < 4.78 is 18.6. The van der Waals surface area contributed by atoms with Gasteiger partial charge >= 0.3 is 6.01 Å². The van der Waals surface area contributed by atoms with E-state index in [1.54, 1.807) is 12.1 Å². The molecule has 0 saturated heterocycles. The zero-order chi connectivity index (χ0) is 13.3. The summed E-state index contributed by atoms with van der Waals surface area (Å²) in [5, 5.41) is 6.92. The second kappa shape index (κ2) is 4.68. The van der Waals surface area contributed by atoms with Crippen molar-refractivity contribution in [2.75, 3.05) is 5.32 Å². The fraction of sp³-hybridized carbons (Fsp3) is 0.333. The van der Waals surface area contributed by atoms with Crippen LogP contribution in [-0.4, -0.2) is 15.7 Å². The molecule has 4 nitrogen and oxygen atoms in total. The van der Waals surface area contributed by atoms with E-state index in [1.165, 1.54) is 6.07 Å². The van der Waals surface area contributed by atoms with Crippen molar-refractivity contribution in [3.8, 4) is 11.4 Å². The van der Waals surface area contributed by atoms with E-state index in [4.69, 9.17) is 4.52 Å². The molecule has 1 heterocycles. The zero-order valence-corrected chi connectivity index (χ0v) is 11.9. The van der Waals surface area contributed by atoms with Crippen LogP contribution in [0.2, 0.25) is 0 Å². The quantitative estimate of drug-likeness (QED) is 0.915. The highest BCUT2D eigenvalue weighted by Crippen LogP contribution is 2.24. The number of aromatic nitrogens is 2. The Balaban J connectivity index is 2.26. The average molecular weight is 314 g/mol. The van der Waals surface area contributed by atoms with Gasteiger partial charge in [0.25, 0.3) is 0 Å². The van der Waals surface area contributed by atoms with Gasteiger partial charge in [-0.25, -0.2) is 4.39 Å². The second-order valence-electron chi connectivity index (χ2n) is 4.93. The minimum Gasteiger partial charge on any atom is -0.333 e. The molecule has 0 spiro atoms. The third-order valence-electron chi connectivity index (χ3n) is 2.09. The highest BCUT2D eigenvalue weighted by Gasteiger charge is 2.15. The van der Waals surface area contributed by atoms with E-state index in [9.17, 15) is 4.39 Å². The van der Waals surface area contributed by atoms with E-state index in [2.05, 4.69) is 31.4 Å². The van der Waals surface area contributed by atoms with Crippen molar-refractivity contribution in [1.29, 1.82) is 0 Å². The molecule has 0 unspecified atom stereocenters. The van der Waals surface area contributed by atoms with Crippen molar-refractivity contribution in [2.45, 2.75) is 26.3 Å². The molecule has 0 atom stereocenters. The Morgan fingerprint density at radius 2 is 2.06 bits per heavy atom. The molecule has 2 rings (SSSR count). The van der Waals surface area contributed by atoms with Gasteiger partial charge in [0.2, 0.25) is 5.82 Å². The largest absolute Gasteiger partial charge is 0.333 e. The molecule has 1 N–H and O–H groups in total. The lowest BCUT2D eigenvalue weighted by molar-refractivity contribution is 0.420. The number of nitrogens with one attached hydrogen (secondary N) is 1. The Morgan fingerprint density at radius 1 is 1.33 bits per heavy atom. The molecule has 1 aromatic heterocycles. The van der Waals surface area contributed by atoms with Crippen LogP contribution in [0.4, 0.5) is 10.4 Å². The van der Waals surface area contributed by atoms with E-state index in [1.807, 2.05) is 20.8 Å². The van der Waals surface area contributed by atoms with Gasteiger partial charge < -0.3 is 9.84 Å². The van der Waals surface area contributed by atoms with Gasteiger partial charge in [-0.15, -0.1) is 0 Å². The van der Waals surface area contributed by atoms with Gasteiger partial charge in [-0.3, -0.25) is 0 Å². The third-order valence-corrected chi connectivity index (χ3v) is 2.69. The van der Waals surface area contributed by atoms with Crippen LogP contribution in [0.25, 0.3) is 11.4 Å². The summed E-state index contributed by atoms with van der Waals surface area (Å²) in [6.07, 6.45) is 0. The summed E-state index contributed by atoms with van der Waals surface area (Å²) in [7, 11) is 0. The maximum absolute atomic E-state index is 13.1. The summed E-state index contributed by atoms with van der Waals surface area (Å²) in [4.78, 5) is 4.20. The minimum atomic E-state index is -0.324. The summed E-state index contributed by atoms with van der Waals surface area (Å²) >= 11 is 3.12. The second-order valence-corrected chi connectivity index (χ2v) is 5.78. The van der Waals surface area contributed by atoms with Gasteiger partial charge in [-0.2, -0.15) is 4.98 Å². The molecule has 1 aromatic carbocycles. The average Bonchev–Trinajstić information content (AvgIpc) is 2.68. The van der Waals surface area contributed by atoms with Crippen LogP contribution in [0.1, 0.15) is 20.8 Å². The van der Waals surface area contributed by atoms with E-state index < -0.39 is 0 Å². The first-order valence-corrected chi connectivity index (χ1v) is 6.22. The molecule has 2 aromatic rings. The van der Waals surface area contributed by atoms with Crippen molar-refractivity contribution >= 4 is 21.9 Å². The summed E-state index contributed by atoms with van der Waals surface area (Å²) in [6, 6.07) is 4.91. The fourth-order valence-electron chi connectivity index (χ4n) is 1.35. The summed E-state index contributed by atoms with van der Waals surface area (Å²) in [5.41, 5.74) is 0.529. The molecule has 0 aliphatic rings. The number of nitrogens with zero attached hydrogens (tertiary/aromatic N) is 2. The molecule has 96 valence electrons. The van der Waals surface area contributed by atoms with Crippen molar-refractivity contribution in [1.82, 2.24) is 10.1 Å². The van der Waals surface area contributed by atoms with E-state index in [-0.39, 0.29) is 11.4 Å². The molecule has 0 bridgehead atoms. The number of rotatable bonds is 2. The van der Waals surface area contributed by atoms with E-state index in [0.29, 0.717) is 21.9 Å². The third kappa shape index (κ3) is 3.07. The van der Waals surface area contributed by atoms with E-state index in [0.717, 1.165) is 0 Å². The van der Waals surface area contributed by atoms with Crippen molar-refractivity contribution in [3.05, 3.63) is 28.5 Å². The van der Waals surface area contributed by atoms with Gasteiger partial charge in [0.05, 0.1) is 4.47 Å². The molecular formula is C12H13BrFN3O. The van der Waals surface area contributed by atoms with Crippen LogP contribution >= 0.6 is 15.9 Å². The molecular weight excluding hydrogens is 301 g/mol. The van der Waals surface area contributed by atoms with Crippen LogP contribution in [0, 0.1) is 5.82 Å². The van der Waals surface area contributed by atoms with Gasteiger partial charge in [0, 0.05) is 11.1 Å². The van der Waals surface area contributed by atoms with Crippen LogP contribution in [0.5, 0.6) is 0 Å². The van der Waals surface area contributed by atoms with Crippen LogP contribution in [0.3, 0.4) is 0 Å². The lowest BCUT2D eigenvalue weighted by atomic mass is 10.1. The predicted octanol–water partition coefficient (Wildman–Crippen LogP) is 3.85. The first-order chi connectivity index (χ1) is 8.35. The van der Waals surface area contributed by atoms with Crippen molar-refractivity contribution in [3.63, 3.8) is 0 Å². The standard InChI is InChI=1S/C12H13BrFN3O/c1-12(2,3)16-11-15-10(17-18-11)7-4-5-9(14)8(13)6-7/h4-6H,1-3H3,(H,15,16,17). The summed E-state index contributed by atoms with van der Waals surface area (Å²) in [6.45, 7) is 5.97. The first kappa shape index (κ1) is 13.0. The molecule has 0 aliphatic heterocycles. The first-order valence-electron chi connectivity index (χ1n) is 5.42. The molecule has 0 radical (unpaired) electrons. The maximum Gasteiger partial charge on any atom is 0.322 e. The number of anilines is 1. The SMILES string of the molecule is CC(C)(C)Nc1nc(-c2ccc(F)c(Br)c2)no1. The molecule has 0 aliphatic carbocycles. The van der Waals surface area contributed by atoms with Gasteiger partial charge in [0.1, 0.15) is 5.82 Å². The van der Waals surface area contributed by atoms with Crippen molar-refractivity contribution < 1.29 is 8.91 Å². The Labute approximate surface area is 113 Å². The maximum atomic E-state index is 13.1. The predicted molar refractivity (Wildman–Crippen MR) is 70.8 cm³/mol. The minimum absolute atomic E-state index is 0.160. The molecule has 6 heteroatoms. The number of benzene rings is 1. The lowest BCUT2D eigenvalue weighted by Gasteiger charge is -2.17. The Hall–Kier alpha value is -1.43. The Kier molecular flexibility index (Phi) is 3.38. The monoisotopic (exact) mass is 313 g/mol.